The van der Waals surface area contributed by atoms with E-state index in [1.54, 1.807) is 20.3 Å². The Morgan fingerprint density at radius 1 is 1.08 bits per heavy atom. The topological polar surface area (TPSA) is 195 Å². The Hall–Kier alpha value is -3.61. The molecule has 3 aromatic rings. The van der Waals surface area contributed by atoms with E-state index in [0.717, 1.165) is 24.3 Å². The maximum Gasteiger partial charge on any atom is 0.412 e. The van der Waals surface area contributed by atoms with E-state index in [1.165, 1.54) is 49.6 Å². The number of aliphatic hydroxyl groups is 1. The SMILES string of the molecule is CC1(C)OC[C@@H]2CCC(=O)N21.CN(C(=O)CCc1cccc(F)c1Cl)[C@H](COC(=O)Nc1cc2cc(F)ccc2cn1)CC(F)(F)CN.COC(C)(C)OC.O=C1CC[C@@H](CO)N1.S.S.S. The number of nitrogens with zero attached hydrogens (tertiary/aromatic N) is 3. The number of carbonyl (C=O) groups is 4. The number of aliphatic hydroxyl groups excluding tert-OH is 1. The predicted molar refractivity (Wildman–Crippen MR) is 259 cm³/mol. The van der Waals surface area contributed by atoms with Gasteiger partial charge in [-0.1, -0.05) is 23.7 Å². The number of pyridine rings is 1. The van der Waals surface area contributed by atoms with E-state index in [1.807, 2.05) is 32.6 Å². The van der Waals surface area contributed by atoms with E-state index in [-0.39, 0.29) is 94.4 Å². The summed E-state index contributed by atoms with van der Waals surface area (Å²) in [4.78, 5) is 53.7. The van der Waals surface area contributed by atoms with Crippen molar-refractivity contribution in [3.63, 3.8) is 0 Å². The number of fused-ring (bicyclic) bond motifs is 2. The average Bonchev–Trinajstić information content (AvgIpc) is 3.95. The smallest absolute Gasteiger partial charge is 0.412 e. The zero-order chi connectivity index (χ0) is 47.1. The van der Waals surface area contributed by atoms with Gasteiger partial charge in [-0.05, 0) is 88.2 Å². The van der Waals surface area contributed by atoms with Gasteiger partial charge in [-0.25, -0.2) is 27.3 Å². The fourth-order valence-corrected chi connectivity index (χ4v) is 6.72. The summed E-state index contributed by atoms with van der Waals surface area (Å²) in [7, 11) is 4.53. The minimum Gasteiger partial charge on any atom is -0.447 e. The number of nitrogens with two attached hydrogens (primary N) is 1. The van der Waals surface area contributed by atoms with Gasteiger partial charge in [0.1, 0.15) is 29.8 Å². The third-order valence-electron chi connectivity index (χ3n) is 10.6. The number of carbonyl (C=O) groups excluding carboxylic acids is 4. The number of halogens is 5. The maximum atomic E-state index is 14.1. The quantitative estimate of drug-likeness (QED) is 0.108. The van der Waals surface area contributed by atoms with Crippen molar-refractivity contribution in [1.82, 2.24) is 20.1 Å². The highest BCUT2D eigenvalue weighted by Gasteiger charge is 2.47. The van der Waals surface area contributed by atoms with Crippen molar-refractivity contribution in [2.45, 2.75) is 108 Å². The van der Waals surface area contributed by atoms with E-state index in [0.29, 0.717) is 35.2 Å². The summed E-state index contributed by atoms with van der Waals surface area (Å²) < 4.78 is 75.6. The molecule has 0 saturated carbocycles. The number of benzene rings is 2. The Kier molecular flexibility index (Phi) is 27.1. The number of rotatable bonds is 13. The van der Waals surface area contributed by atoms with Gasteiger partial charge in [-0.3, -0.25) is 19.7 Å². The first kappa shape index (κ1) is 62.4. The molecule has 66 heavy (non-hydrogen) atoms. The highest BCUT2D eigenvalue weighted by atomic mass is 35.5. The first-order valence-electron chi connectivity index (χ1n) is 20.3. The van der Waals surface area contributed by atoms with Gasteiger partial charge in [-0.15, -0.1) is 0 Å². The van der Waals surface area contributed by atoms with Gasteiger partial charge in [0, 0.05) is 58.5 Å². The minimum atomic E-state index is -3.32. The molecule has 23 heteroatoms. The lowest BCUT2D eigenvalue weighted by atomic mass is 10.1. The Bertz CT molecular complexity index is 2030. The molecule has 0 unspecified atom stereocenters. The number of likely N-dealkylation sites (N-methyl/N-ethyl adjacent to an activating group) is 1. The molecule has 374 valence electrons. The standard InChI is InChI=1S/C25H25ClF4N4O3.C8H13NO2.C5H9NO2.C5H12O2.3H2S/c1-34(22(35)8-6-15-3-2-4-20(28)23(15)26)19(11-25(29,30)14-31)13-37-24(36)33-21-10-17-9-18(27)7-5-16(17)12-32-21;1-8(2)9-6(5-11-8)3-4-7(9)10;7-3-4-1-2-5(8)6-4;1-5(2,6-3)7-4;;;/h2-5,7,9-10,12,19H,6,8,11,13-14,31H2,1H3,(H,32,33,36);6H,3-5H2,1-2H3;4,7H,1-3H2,(H,6,8);1-4H3;3*1H2/t19-;6-;4-;;;;/m000..../s1. The number of anilines is 1. The second kappa shape index (κ2) is 28.7. The molecule has 4 heterocycles. The van der Waals surface area contributed by atoms with Crippen molar-refractivity contribution in [2.75, 3.05) is 52.9 Å². The molecule has 3 fully saturated rings. The van der Waals surface area contributed by atoms with Crippen LogP contribution in [0.2, 0.25) is 5.02 Å². The van der Waals surface area contributed by atoms with Crippen molar-refractivity contribution in [1.29, 1.82) is 0 Å². The van der Waals surface area contributed by atoms with Crippen molar-refractivity contribution in [3.05, 3.63) is 70.9 Å². The monoisotopic (exact) mass is 1020 g/mol. The van der Waals surface area contributed by atoms with Crippen LogP contribution in [-0.2, 0) is 39.8 Å². The summed E-state index contributed by atoms with van der Waals surface area (Å²) in [6, 6.07) is 8.84. The molecule has 2 aromatic carbocycles. The summed E-state index contributed by atoms with van der Waals surface area (Å²) in [6.07, 6.45) is 2.54. The van der Waals surface area contributed by atoms with Crippen LogP contribution in [0.5, 0.6) is 0 Å². The third kappa shape index (κ3) is 19.5. The number of alkyl halides is 2. The first-order chi connectivity index (χ1) is 29.5. The number of nitrogens with one attached hydrogen (secondary N) is 2. The number of aryl methyl sites for hydroxylation is 1. The molecule has 0 radical (unpaired) electrons. The molecule has 5 N–H and O–H groups in total. The lowest BCUT2D eigenvalue weighted by molar-refractivity contribution is -0.178. The highest BCUT2D eigenvalue weighted by Crippen LogP contribution is 2.34. The molecule has 15 nitrogen and oxygen atoms in total. The largest absolute Gasteiger partial charge is 0.447 e. The van der Waals surface area contributed by atoms with Crippen LogP contribution >= 0.6 is 52.1 Å². The normalized spacial score (nSPS) is 17.3. The summed E-state index contributed by atoms with van der Waals surface area (Å²) in [6.45, 7) is 6.89. The van der Waals surface area contributed by atoms with Crippen LogP contribution in [0.1, 0.15) is 71.8 Å². The number of ether oxygens (including phenoxy) is 4. The fraction of sp³-hybridized carbons (Fsp3) is 0.558. The average molecular weight is 1020 g/mol. The van der Waals surface area contributed by atoms with Gasteiger partial charge in [0.15, 0.2) is 5.79 Å². The second-order valence-electron chi connectivity index (χ2n) is 15.9. The number of hydrogen-bond acceptors (Lipinski definition) is 11. The molecule has 3 aliphatic heterocycles. The predicted octanol–water partition coefficient (Wildman–Crippen LogP) is 6.51. The number of aromatic nitrogens is 1. The molecular weight excluding hydrogens is 952 g/mol. The van der Waals surface area contributed by atoms with E-state index in [2.05, 4.69) is 15.6 Å². The molecule has 3 saturated heterocycles. The van der Waals surface area contributed by atoms with Gasteiger partial charge >= 0.3 is 6.09 Å². The molecule has 0 aliphatic carbocycles. The summed E-state index contributed by atoms with van der Waals surface area (Å²) >= 11 is 5.91. The van der Waals surface area contributed by atoms with Crippen molar-refractivity contribution < 1.29 is 60.8 Å². The van der Waals surface area contributed by atoms with Crippen LogP contribution in [0.25, 0.3) is 10.8 Å². The van der Waals surface area contributed by atoms with E-state index in [4.69, 9.17) is 41.4 Å². The molecular formula is C43H65ClF4N6O9S3. The zero-order valence-electron chi connectivity index (χ0n) is 38.2. The maximum absolute atomic E-state index is 14.1. The lowest BCUT2D eigenvalue weighted by Crippen LogP contribution is -2.46. The molecule has 0 bridgehead atoms. The second-order valence-corrected chi connectivity index (χ2v) is 16.3. The Balaban J connectivity index is 0.00000117. The van der Waals surface area contributed by atoms with Gasteiger partial charge in [-0.2, -0.15) is 40.5 Å². The van der Waals surface area contributed by atoms with E-state index < -0.39 is 61.0 Å². The lowest BCUT2D eigenvalue weighted by Gasteiger charge is -2.30. The number of amides is 4. The van der Waals surface area contributed by atoms with Crippen LogP contribution in [-0.4, -0.2) is 127 Å². The van der Waals surface area contributed by atoms with Crippen LogP contribution < -0.4 is 16.4 Å². The molecule has 0 spiro atoms. The zero-order valence-corrected chi connectivity index (χ0v) is 41.9. The minimum absolute atomic E-state index is 0. The van der Waals surface area contributed by atoms with Gasteiger partial charge in [0.25, 0.3) is 5.92 Å². The number of methoxy groups -OCH3 is 2. The molecule has 4 amide bonds. The van der Waals surface area contributed by atoms with Crippen LogP contribution in [0.3, 0.4) is 0 Å². The van der Waals surface area contributed by atoms with Crippen LogP contribution in [0.15, 0.2) is 48.7 Å². The molecule has 3 aliphatic rings. The van der Waals surface area contributed by atoms with E-state index >= 15 is 0 Å². The third-order valence-corrected chi connectivity index (χ3v) is 11.0. The Labute approximate surface area is 409 Å². The van der Waals surface area contributed by atoms with Gasteiger partial charge in [0.2, 0.25) is 17.7 Å². The van der Waals surface area contributed by atoms with Crippen molar-refractivity contribution in [2.24, 2.45) is 5.73 Å². The molecule has 1 aromatic heterocycles. The summed E-state index contributed by atoms with van der Waals surface area (Å²) in [5.74, 6) is -5.02. The van der Waals surface area contributed by atoms with Crippen LogP contribution in [0, 0.1) is 11.6 Å². The highest BCUT2D eigenvalue weighted by molar-refractivity contribution is 7.59. The Morgan fingerprint density at radius 3 is 2.29 bits per heavy atom. The molecule has 3 atom stereocenters. The summed E-state index contributed by atoms with van der Waals surface area (Å²) in [5.41, 5.74) is 5.20. The molecule has 6 rings (SSSR count). The van der Waals surface area contributed by atoms with Gasteiger partial charge < -0.3 is 44.9 Å². The summed E-state index contributed by atoms with van der Waals surface area (Å²) in [5, 5.41) is 14.4. The number of hydrogen-bond donors (Lipinski definition) is 4. The fourth-order valence-electron chi connectivity index (χ4n) is 6.50. The first-order valence-corrected chi connectivity index (χ1v) is 20.6. The van der Waals surface area contributed by atoms with Crippen molar-refractivity contribution in [3.8, 4) is 0 Å². The van der Waals surface area contributed by atoms with E-state index in [9.17, 15) is 36.7 Å². The van der Waals surface area contributed by atoms with Crippen LogP contribution in [0.4, 0.5) is 28.2 Å². The van der Waals surface area contributed by atoms with Crippen molar-refractivity contribution >= 4 is 92.5 Å². The van der Waals surface area contributed by atoms with Gasteiger partial charge in [0.05, 0.1) is 42.9 Å². The Morgan fingerprint density at radius 2 is 1.74 bits per heavy atom.